The van der Waals surface area contributed by atoms with Crippen LogP contribution in [0.15, 0.2) is 18.7 Å². The van der Waals surface area contributed by atoms with Crippen LogP contribution in [0.5, 0.6) is 0 Å². The smallest absolute Gasteiger partial charge is 0.203 e. The summed E-state index contributed by atoms with van der Waals surface area (Å²) in [6, 6.07) is 0. The van der Waals surface area contributed by atoms with E-state index in [0.29, 0.717) is 5.92 Å². The number of piperidine rings is 1. The van der Waals surface area contributed by atoms with Crippen LogP contribution in [-0.2, 0) is 0 Å². The van der Waals surface area contributed by atoms with Crippen molar-refractivity contribution in [3.05, 3.63) is 18.7 Å². The molecule has 1 N–H and O–H groups in total. The lowest BCUT2D eigenvalue weighted by Crippen LogP contribution is -2.37. The number of aliphatic hydroxyl groups is 1. The SMILES string of the molecule is OCC1CCCN(c2nccn3cnnc23)C1. The van der Waals surface area contributed by atoms with Crippen LogP contribution >= 0.6 is 0 Å². The van der Waals surface area contributed by atoms with Crippen LogP contribution in [0, 0.1) is 5.92 Å². The van der Waals surface area contributed by atoms with Gasteiger partial charge in [-0.15, -0.1) is 10.2 Å². The Labute approximate surface area is 98.9 Å². The Balaban J connectivity index is 1.94. The van der Waals surface area contributed by atoms with Crippen LogP contribution in [0.1, 0.15) is 12.8 Å². The Morgan fingerprint density at radius 3 is 3.29 bits per heavy atom. The highest BCUT2D eigenvalue weighted by atomic mass is 16.3. The van der Waals surface area contributed by atoms with E-state index in [1.54, 1.807) is 12.5 Å². The average molecular weight is 233 g/mol. The fourth-order valence-electron chi connectivity index (χ4n) is 2.37. The fourth-order valence-corrected chi connectivity index (χ4v) is 2.37. The van der Waals surface area contributed by atoms with Crippen LogP contribution in [0.4, 0.5) is 5.82 Å². The first-order valence-corrected chi connectivity index (χ1v) is 5.88. The predicted molar refractivity (Wildman–Crippen MR) is 62.8 cm³/mol. The van der Waals surface area contributed by atoms with Gasteiger partial charge in [0, 0.05) is 32.1 Å². The van der Waals surface area contributed by atoms with Crippen molar-refractivity contribution in [1.29, 1.82) is 0 Å². The first-order chi connectivity index (χ1) is 8.38. The van der Waals surface area contributed by atoms with Crippen LogP contribution in [0.3, 0.4) is 0 Å². The summed E-state index contributed by atoms with van der Waals surface area (Å²) in [5.74, 6) is 1.21. The molecular formula is C11H15N5O. The summed E-state index contributed by atoms with van der Waals surface area (Å²) in [6.07, 6.45) is 7.44. The van der Waals surface area contributed by atoms with E-state index in [2.05, 4.69) is 20.1 Å². The molecule has 0 bridgehead atoms. The molecular weight excluding hydrogens is 218 g/mol. The molecule has 0 aliphatic carbocycles. The lowest BCUT2D eigenvalue weighted by atomic mass is 9.99. The van der Waals surface area contributed by atoms with E-state index in [1.165, 1.54) is 0 Å². The van der Waals surface area contributed by atoms with Crippen molar-refractivity contribution in [1.82, 2.24) is 19.6 Å². The molecule has 1 unspecified atom stereocenters. The van der Waals surface area contributed by atoms with Crippen molar-refractivity contribution in [2.75, 3.05) is 24.6 Å². The highest BCUT2D eigenvalue weighted by Crippen LogP contribution is 2.23. The molecule has 1 fully saturated rings. The molecule has 6 heteroatoms. The maximum atomic E-state index is 9.25. The van der Waals surface area contributed by atoms with Crippen molar-refractivity contribution in [2.45, 2.75) is 12.8 Å². The second kappa shape index (κ2) is 4.29. The molecule has 0 radical (unpaired) electrons. The standard InChI is InChI=1S/C11H15N5O/c17-7-9-2-1-4-15(6-9)10-11-14-13-8-16(11)5-3-12-10/h3,5,8-9,17H,1-2,4,6-7H2. The van der Waals surface area contributed by atoms with E-state index in [0.717, 1.165) is 37.4 Å². The van der Waals surface area contributed by atoms with Gasteiger partial charge in [-0.05, 0) is 18.8 Å². The molecule has 0 spiro atoms. The summed E-state index contributed by atoms with van der Waals surface area (Å²) < 4.78 is 1.87. The highest BCUT2D eigenvalue weighted by molar-refractivity contribution is 5.63. The zero-order chi connectivity index (χ0) is 11.7. The number of aromatic nitrogens is 4. The minimum Gasteiger partial charge on any atom is -0.396 e. The van der Waals surface area contributed by atoms with Crippen LogP contribution in [0.25, 0.3) is 5.65 Å². The van der Waals surface area contributed by atoms with Gasteiger partial charge in [-0.1, -0.05) is 0 Å². The summed E-state index contributed by atoms with van der Waals surface area (Å²) in [4.78, 5) is 6.58. The van der Waals surface area contributed by atoms with E-state index in [4.69, 9.17) is 0 Å². The topological polar surface area (TPSA) is 66.5 Å². The number of hydrogen-bond donors (Lipinski definition) is 1. The molecule has 1 atom stereocenters. The summed E-state index contributed by atoms with van der Waals surface area (Å²) in [6.45, 7) is 2.05. The molecule has 0 saturated carbocycles. The first-order valence-electron chi connectivity index (χ1n) is 5.88. The van der Waals surface area contributed by atoms with Crippen LogP contribution in [-0.4, -0.2) is 44.4 Å². The molecule has 2 aromatic heterocycles. The molecule has 17 heavy (non-hydrogen) atoms. The van der Waals surface area contributed by atoms with Gasteiger partial charge < -0.3 is 10.0 Å². The van der Waals surface area contributed by atoms with E-state index in [1.807, 2.05) is 10.6 Å². The maximum absolute atomic E-state index is 9.25. The van der Waals surface area contributed by atoms with E-state index in [-0.39, 0.29) is 6.61 Å². The number of hydrogen-bond acceptors (Lipinski definition) is 5. The fraction of sp³-hybridized carbons (Fsp3) is 0.545. The zero-order valence-electron chi connectivity index (χ0n) is 9.53. The summed E-state index contributed by atoms with van der Waals surface area (Å²) in [5.41, 5.74) is 0.783. The normalized spacial score (nSPS) is 21.0. The third kappa shape index (κ3) is 1.84. The highest BCUT2D eigenvalue weighted by Gasteiger charge is 2.22. The van der Waals surface area contributed by atoms with E-state index in [9.17, 15) is 5.11 Å². The molecule has 1 aliphatic rings. The number of anilines is 1. The Hall–Kier alpha value is -1.69. The van der Waals surface area contributed by atoms with Gasteiger partial charge in [0.25, 0.3) is 0 Å². The molecule has 90 valence electrons. The molecule has 1 aliphatic heterocycles. The summed E-state index contributed by atoms with van der Waals surface area (Å²) in [7, 11) is 0. The number of fused-ring (bicyclic) bond motifs is 1. The zero-order valence-corrected chi connectivity index (χ0v) is 9.53. The van der Waals surface area contributed by atoms with E-state index < -0.39 is 0 Å². The van der Waals surface area contributed by atoms with Crippen molar-refractivity contribution >= 4 is 11.5 Å². The third-order valence-corrected chi connectivity index (χ3v) is 3.27. The number of nitrogens with zero attached hydrogens (tertiary/aromatic N) is 5. The second-order valence-electron chi connectivity index (χ2n) is 4.45. The Bertz CT molecular complexity index is 511. The van der Waals surface area contributed by atoms with Gasteiger partial charge in [-0.2, -0.15) is 0 Å². The number of rotatable bonds is 2. The van der Waals surface area contributed by atoms with Gasteiger partial charge in [0.15, 0.2) is 5.82 Å². The largest absolute Gasteiger partial charge is 0.396 e. The molecule has 2 aromatic rings. The first kappa shape index (κ1) is 10.5. The van der Waals surface area contributed by atoms with E-state index >= 15 is 0 Å². The van der Waals surface area contributed by atoms with Gasteiger partial charge in [0.2, 0.25) is 5.65 Å². The molecule has 1 saturated heterocycles. The van der Waals surface area contributed by atoms with Gasteiger partial charge in [0.1, 0.15) is 6.33 Å². The quantitative estimate of drug-likeness (QED) is 0.810. The average Bonchev–Trinajstić information content (AvgIpc) is 2.87. The van der Waals surface area contributed by atoms with Crippen LogP contribution in [0.2, 0.25) is 0 Å². The Kier molecular flexibility index (Phi) is 2.64. The summed E-state index contributed by atoms with van der Waals surface area (Å²) in [5, 5.41) is 17.2. The number of aliphatic hydroxyl groups excluding tert-OH is 1. The predicted octanol–water partition coefficient (Wildman–Crippen LogP) is 0.333. The second-order valence-corrected chi connectivity index (χ2v) is 4.45. The van der Waals surface area contributed by atoms with Gasteiger partial charge >= 0.3 is 0 Å². The summed E-state index contributed by atoms with van der Waals surface area (Å²) >= 11 is 0. The minimum absolute atomic E-state index is 0.242. The van der Waals surface area contributed by atoms with Crippen molar-refractivity contribution in [2.24, 2.45) is 5.92 Å². The third-order valence-electron chi connectivity index (χ3n) is 3.27. The van der Waals surface area contributed by atoms with Gasteiger partial charge in [-0.3, -0.25) is 4.40 Å². The lowest BCUT2D eigenvalue weighted by Gasteiger charge is -2.32. The monoisotopic (exact) mass is 233 g/mol. The molecule has 0 aromatic carbocycles. The van der Waals surface area contributed by atoms with Crippen LogP contribution < -0.4 is 4.90 Å². The Morgan fingerprint density at radius 1 is 1.47 bits per heavy atom. The maximum Gasteiger partial charge on any atom is 0.203 e. The molecule has 0 amide bonds. The van der Waals surface area contributed by atoms with Gasteiger partial charge in [0.05, 0.1) is 0 Å². The molecule has 6 nitrogen and oxygen atoms in total. The van der Waals surface area contributed by atoms with Crippen molar-refractivity contribution in [3.63, 3.8) is 0 Å². The molecule has 3 rings (SSSR count). The lowest BCUT2D eigenvalue weighted by molar-refractivity contribution is 0.208. The minimum atomic E-state index is 0.242. The Morgan fingerprint density at radius 2 is 2.41 bits per heavy atom. The van der Waals surface area contributed by atoms with Crippen molar-refractivity contribution < 1.29 is 5.11 Å². The van der Waals surface area contributed by atoms with Gasteiger partial charge in [-0.25, -0.2) is 4.98 Å². The molecule has 3 heterocycles. The van der Waals surface area contributed by atoms with Crippen molar-refractivity contribution in [3.8, 4) is 0 Å².